The highest BCUT2D eigenvalue weighted by Crippen LogP contribution is 2.17. The van der Waals surface area contributed by atoms with Gasteiger partial charge in [0.05, 0.1) is 28.5 Å². The maximum atomic E-state index is 11.6. The summed E-state index contributed by atoms with van der Waals surface area (Å²) in [5, 5.41) is 3.97. The molecule has 0 radical (unpaired) electrons. The first-order valence-corrected chi connectivity index (χ1v) is 6.47. The van der Waals surface area contributed by atoms with Crippen LogP contribution in [0.3, 0.4) is 0 Å². The van der Waals surface area contributed by atoms with Crippen LogP contribution in [0.15, 0.2) is 29.3 Å². The lowest BCUT2D eigenvalue weighted by atomic mass is 10.3. The number of hydrogen-bond donors (Lipinski definition) is 1. The van der Waals surface area contributed by atoms with Gasteiger partial charge >= 0.3 is 5.69 Å². The fourth-order valence-electron chi connectivity index (χ4n) is 1.58. The molecule has 0 unspecified atom stereocenters. The quantitative estimate of drug-likeness (QED) is 0.942. The summed E-state index contributed by atoms with van der Waals surface area (Å²) in [5.41, 5.74) is 0.197. The molecule has 19 heavy (non-hydrogen) atoms. The standard InChI is InChI=1S/C12H12Cl2N4O/c1-2-15-11-4-3-9(14)10(17-11)7-18-6-8(13)5-16-12(18)19/h3-6H,2,7H2,1H3,(H,15,17). The summed E-state index contributed by atoms with van der Waals surface area (Å²) in [6.45, 7) is 2.96. The maximum Gasteiger partial charge on any atom is 0.347 e. The predicted octanol–water partition coefficient (Wildman–Crippen LogP) is 2.43. The van der Waals surface area contributed by atoms with E-state index in [9.17, 15) is 4.79 Å². The van der Waals surface area contributed by atoms with Gasteiger partial charge in [-0.25, -0.2) is 14.8 Å². The molecule has 2 rings (SSSR count). The summed E-state index contributed by atoms with van der Waals surface area (Å²) < 4.78 is 1.37. The molecule has 0 bridgehead atoms. The van der Waals surface area contributed by atoms with E-state index in [0.717, 1.165) is 6.54 Å². The second kappa shape index (κ2) is 6.04. The summed E-state index contributed by atoms with van der Waals surface area (Å²) in [5.74, 6) is 0.713. The summed E-state index contributed by atoms with van der Waals surface area (Å²) in [4.78, 5) is 19.6. The van der Waals surface area contributed by atoms with E-state index in [4.69, 9.17) is 23.2 Å². The van der Waals surface area contributed by atoms with Crippen molar-refractivity contribution in [3.05, 3.63) is 50.7 Å². The number of nitrogens with one attached hydrogen (secondary N) is 1. The van der Waals surface area contributed by atoms with E-state index >= 15 is 0 Å². The molecule has 0 aliphatic heterocycles. The molecule has 0 saturated carbocycles. The molecule has 100 valence electrons. The Kier molecular flexibility index (Phi) is 4.39. The second-order valence-corrected chi connectivity index (χ2v) is 4.68. The van der Waals surface area contributed by atoms with Gasteiger partial charge in [-0.1, -0.05) is 23.2 Å². The van der Waals surface area contributed by atoms with Crippen molar-refractivity contribution in [3.8, 4) is 0 Å². The zero-order valence-corrected chi connectivity index (χ0v) is 11.7. The van der Waals surface area contributed by atoms with Gasteiger partial charge in [-0.2, -0.15) is 0 Å². The Labute approximate surface area is 120 Å². The highest BCUT2D eigenvalue weighted by molar-refractivity contribution is 6.31. The third-order valence-corrected chi connectivity index (χ3v) is 2.96. The molecule has 1 N–H and O–H groups in total. The lowest BCUT2D eigenvalue weighted by Crippen LogP contribution is -2.23. The van der Waals surface area contributed by atoms with Crippen molar-refractivity contribution in [1.82, 2.24) is 14.5 Å². The van der Waals surface area contributed by atoms with E-state index in [1.165, 1.54) is 17.0 Å². The van der Waals surface area contributed by atoms with Crippen molar-refractivity contribution >= 4 is 29.0 Å². The molecule has 0 aliphatic carbocycles. The van der Waals surface area contributed by atoms with E-state index in [2.05, 4.69) is 15.3 Å². The number of hydrogen-bond acceptors (Lipinski definition) is 4. The maximum absolute atomic E-state index is 11.6. The number of aromatic nitrogens is 3. The van der Waals surface area contributed by atoms with Crippen molar-refractivity contribution in [3.63, 3.8) is 0 Å². The van der Waals surface area contributed by atoms with Gasteiger partial charge in [0.1, 0.15) is 5.82 Å². The van der Waals surface area contributed by atoms with Crippen molar-refractivity contribution in [2.45, 2.75) is 13.5 Å². The highest BCUT2D eigenvalue weighted by Gasteiger charge is 2.07. The van der Waals surface area contributed by atoms with Gasteiger partial charge in [0, 0.05) is 12.7 Å². The van der Waals surface area contributed by atoms with Crippen LogP contribution in [-0.4, -0.2) is 21.1 Å². The van der Waals surface area contributed by atoms with Crippen LogP contribution in [0.1, 0.15) is 12.6 Å². The van der Waals surface area contributed by atoms with Crippen LogP contribution >= 0.6 is 23.2 Å². The van der Waals surface area contributed by atoms with Gasteiger partial charge in [0.2, 0.25) is 0 Å². The van der Waals surface area contributed by atoms with Crippen molar-refractivity contribution in [2.75, 3.05) is 11.9 Å². The molecule has 2 aromatic rings. The summed E-state index contributed by atoms with van der Waals surface area (Å²) in [6.07, 6.45) is 2.82. The SMILES string of the molecule is CCNc1ccc(Cl)c(Cn2cc(Cl)cnc2=O)n1. The largest absolute Gasteiger partial charge is 0.370 e. The number of pyridine rings is 1. The van der Waals surface area contributed by atoms with Crippen LogP contribution < -0.4 is 11.0 Å². The Hall–Kier alpha value is -1.59. The van der Waals surface area contributed by atoms with Gasteiger partial charge < -0.3 is 5.32 Å². The zero-order chi connectivity index (χ0) is 13.8. The second-order valence-electron chi connectivity index (χ2n) is 3.84. The predicted molar refractivity (Wildman–Crippen MR) is 76.0 cm³/mol. The normalized spacial score (nSPS) is 10.5. The third-order valence-electron chi connectivity index (χ3n) is 2.42. The molecule has 0 fully saturated rings. The van der Waals surface area contributed by atoms with E-state index in [1.54, 1.807) is 12.1 Å². The van der Waals surface area contributed by atoms with Gasteiger partial charge in [0.15, 0.2) is 0 Å². The minimum Gasteiger partial charge on any atom is -0.370 e. The monoisotopic (exact) mass is 298 g/mol. The Morgan fingerprint density at radius 3 is 2.89 bits per heavy atom. The average Bonchev–Trinajstić information content (AvgIpc) is 2.38. The molecular formula is C12H12Cl2N4O. The molecule has 0 amide bonds. The summed E-state index contributed by atoms with van der Waals surface area (Å²) in [7, 11) is 0. The van der Waals surface area contributed by atoms with Gasteiger partial charge in [0.25, 0.3) is 0 Å². The number of halogens is 2. The Balaban J connectivity index is 2.34. The molecular weight excluding hydrogens is 287 g/mol. The molecule has 5 nitrogen and oxygen atoms in total. The van der Waals surface area contributed by atoms with Crippen LogP contribution in [0, 0.1) is 0 Å². The fourth-order valence-corrected chi connectivity index (χ4v) is 1.91. The Morgan fingerprint density at radius 2 is 2.16 bits per heavy atom. The van der Waals surface area contributed by atoms with E-state index in [0.29, 0.717) is 21.6 Å². The minimum absolute atomic E-state index is 0.227. The van der Waals surface area contributed by atoms with E-state index in [1.807, 2.05) is 6.92 Å². The first-order chi connectivity index (χ1) is 9.10. The minimum atomic E-state index is -0.392. The first-order valence-electron chi connectivity index (χ1n) is 5.71. The fraction of sp³-hybridized carbons (Fsp3) is 0.250. The van der Waals surface area contributed by atoms with Gasteiger partial charge in [-0.3, -0.25) is 4.57 Å². The topological polar surface area (TPSA) is 59.8 Å². The average molecular weight is 299 g/mol. The van der Waals surface area contributed by atoms with E-state index < -0.39 is 5.69 Å². The van der Waals surface area contributed by atoms with E-state index in [-0.39, 0.29) is 6.54 Å². The number of rotatable bonds is 4. The molecule has 2 aromatic heterocycles. The van der Waals surface area contributed by atoms with Crippen LogP contribution in [0.25, 0.3) is 0 Å². The molecule has 0 saturated heterocycles. The molecule has 0 aliphatic rings. The molecule has 0 spiro atoms. The van der Waals surface area contributed by atoms with Crippen LogP contribution in [-0.2, 0) is 6.54 Å². The molecule has 0 atom stereocenters. The highest BCUT2D eigenvalue weighted by atomic mass is 35.5. The van der Waals surface area contributed by atoms with Crippen LogP contribution in [0.5, 0.6) is 0 Å². The van der Waals surface area contributed by atoms with Crippen molar-refractivity contribution in [2.24, 2.45) is 0 Å². The molecule has 0 aromatic carbocycles. The number of nitrogens with zero attached hydrogens (tertiary/aromatic N) is 3. The van der Waals surface area contributed by atoms with Gasteiger partial charge in [-0.15, -0.1) is 0 Å². The molecule has 2 heterocycles. The van der Waals surface area contributed by atoms with Crippen LogP contribution in [0.4, 0.5) is 5.82 Å². The lowest BCUT2D eigenvalue weighted by molar-refractivity contribution is 0.711. The van der Waals surface area contributed by atoms with Crippen molar-refractivity contribution < 1.29 is 0 Å². The van der Waals surface area contributed by atoms with Gasteiger partial charge in [-0.05, 0) is 19.1 Å². The summed E-state index contributed by atoms with van der Waals surface area (Å²) in [6, 6.07) is 3.53. The third kappa shape index (κ3) is 3.45. The van der Waals surface area contributed by atoms with Crippen molar-refractivity contribution in [1.29, 1.82) is 0 Å². The Morgan fingerprint density at radius 1 is 1.37 bits per heavy atom. The number of anilines is 1. The first kappa shape index (κ1) is 13.8. The molecule has 7 heteroatoms. The smallest absolute Gasteiger partial charge is 0.347 e. The zero-order valence-electron chi connectivity index (χ0n) is 10.2. The Bertz CT molecular complexity index is 642. The van der Waals surface area contributed by atoms with Crippen LogP contribution in [0.2, 0.25) is 10.0 Å². The summed E-state index contributed by atoms with van der Waals surface area (Å²) >= 11 is 11.9. The lowest BCUT2D eigenvalue weighted by Gasteiger charge is -2.09.